The third-order valence-electron chi connectivity index (χ3n) is 2.70. The first-order valence-corrected chi connectivity index (χ1v) is 6.33. The first-order chi connectivity index (χ1) is 5.99. The van der Waals surface area contributed by atoms with Gasteiger partial charge in [0.15, 0.2) is 0 Å². The van der Waals surface area contributed by atoms with E-state index in [1.54, 1.807) is 11.2 Å². The summed E-state index contributed by atoms with van der Waals surface area (Å²) < 4.78 is 24.8. The lowest BCUT2D eigenvalue weighted by Crippen LogP contribution is -2.57. The SMILES string of the molecule is CCS(=O)(=O)N1CCNC(C)C1C.Cl. The van der Waals surface area contributed by atoms with Gasteiger partial charge in [-0.25, -0.2) is 8.42 Å². The van der Waals surface area contributed by atoms with Crippen LogP contribution in [0.15, 0.2) is 0 Å². The van der Waals surface area contributed by atoms with Crippen LogP contribution in [0.2, 0.25) is 0 Å². The van der Waals surface area contributed by atoms with Crippen LogP contribution >= 0.6 is 12.4 Å². The van der Waals surface area contributed by atoms with Crippen LogP contribution < -0.4 is 5.32 Å². The Balaban J connectivity index is 0.00000169. The van der Waals surface area contributed by atoms with Gasteiger partial charge in [0.05, 0.1) is 5.75 Å². The first-order valence-electron chi connectivity index (χ1n) is 4.72. The molecule has 6 heteroatoms. The molecule has 1 aliphatic heterocycles. The van der Waals surface area contributed by atoms with Crippen molar-refractivity contribution in [2.75, 3.05) is 18.8 Å². The second kappa shape index (κ2) is 5.30. The third-order valence-corrected chi connectivity index (χ3v) is 4.66. The number of nitrogens with zero attached hydrogens (tertiary/aromatic N) is 1. The minimum Gasteiger partial charge on any atom is -0.311 e. The lowest BCUT2D eigenvalue weighted by Gasteiger charge is -2.37. The van der Waals surface area contributed by atoms with Gasteiger partial charge in [0.2, 0.25) is 10.0 Å². The third kappa shape index (κ3) is 2.82. The lowest BCUT2D eigenvalue weighted by atomic mass is 10.1. The number of nitrogens with one attached hydrogen (secondary N) is 1. The van der Waals surface area contributed by atoms with Gasteiger partial charge in [-0.15, -0.1) is 12.4 Å². The first kappa shape index (κ1) is 14.2. The van der Waals surface area contributed by atoms with E-state index in [1.807, 2.05) is 13.8 Å². The van der Waals surface area contributed by atoms with Crippen LogP contribution in [-0.4, -0.2) is 43.6 Å². The molecule has 0 spiro atoms. The van der Waals surface area contributed by atoms with E-state index in [1.165, 1.54) is 0 Å². The summed E-state index contributed by atoms with van der Waals surface area (Å²) in [5, 5.41) is 3.25. The predicted octanol–water partition coefficient (Wildman–Crippen LogP) is 0.440. The highest BCUT2D eigenvalue weighted by Crippen LogP contribution is 2.13. The molecule has 2 unspecified atom stereocenters. The van der Waals surface area contributed by atoms with E-state index in [9.17, 15) is 8.42 Å². The Kier molecular flexibility index (Phi) is 5.36. The fourth-order valence-corrected chi connectivity index (χ4v) is 2.97. The molecular formula is C8H19ClN2O2S. The molecule has 0 aliphatic carbocycles. The van der Waals surface area contributed by atoms with Crippen LogP contribution in [0.5, 0.6) is 0 Å². The molecule has 0 saturated carbocycles. The molecule has 1 aliphatic rings. The average Bonchev–Trinajstić information content (AvgIpc) is 2.09. The van der Waals surface area contributed by atoms with Crippen molar-refractivity contribution in [3.63, 3.8) is 0 Å². The lowest BCUT2D eigenvalue weighted by molar-refractivity contribution is 0.233. The molecule has 2 atom stereocenters. The van der Waals surface area contributed by atoms with Gasteiger partial charge in [-0.3, -0.25) is 0 Å². The second-order valence-electron chi connectivity index (χ2n) is 3.49. The Hall–Kier alpha value is 0.160. The number of rotatable bonds is 2. The molecule has 0 aromatic heterocycles. The van der Waals surface area contributed by atoms with Crippen molar-refractivity contribution >= 4 is 22.4 Å². The molecule has 1 fully saturated rings. The number of hydrogen-bond acceptors (Lipinski definition) is 3. The van der Waals surface area contributed by atoms with E-state index >= 15 is 0 Å². The second-order valence-corrected chi connectivity index (χ2v) is 5.70. The van der Waals surface area contributed by atoms with Gasteiger partial charge in [0.25, 0.3) is 0 Å². The summed E-state index contributed by atoms with van der Waals surface area (Å²) in [5.74, 6) is 0.198. The fraction of sp³-hybridized carbons (Fsp3) is 1.00. The molecule has 0 radical (unpaired) electrons. The maximum absolute atomic E-state index is 11.6. The summed E-state index contributed by atoms with van der Waals surface area (Å²) in [4.78, 5) is 0. The van der Waals surface area contributed by atoms with Crippen LogP contribution in [0, 0.1) is 0 Å². The maximum Gasteiger partial charge on any atom is 0.214 e. The average molecular weight is 243 g/mol. The minimum atomic E-state index is -3.01. The van der Waals surface area contributed by atoms with Gasteiger partial charge in [-0.05, 0) is 20.8 Å². The number of hydrogen-bond donors (Lipinski definition) is 1. The van der Waals surface area contributed by atoms with Crippen molar-refractivity contribution in [2.24, 2.45) is 0 Å². The predicted molar refractivity (Wildman–Crippen MR) is 60.3 cm³/mol. The Morgan fingerprint density at radius 1 is 1.43 bits per heavy atom. The largest absolute Gasteiger partial charge is 0.311 e. The standard InChI is InChI=1S/C8H18N2O2S.ClH/c1-4-13(11,12)10-6-5-9-7(2)8(10)3;/h7-9H,4-6H2,1-3H3;1H. The zero-order chi connectivity index (χ0) is 10.1. The molecule has 0 aromatic carbocycles. The molecule has 14 heavy (non-hydrogen) atoms. The van der Waals surface area contributed by atoms with Crippen LogP contribution in [-0.2, 0) is 10.0 Å². The van der Waals surface area contributed by atoms with Gasteiger partial charge in [-0.1, -0.05) is 0 Å². The van der Waals surface area contributed by atoms with Gasteiger partial charge in [0, 0.05) is 25.2 Å². The molecular weight excluding hydrogens is 224 g/mol. The highest BCUT2D eigenvalue weighted by Gasteiger charge is 2.31. The van der Waals surface area contributed by atoms with Crippen molar-refractivity contribution in [1.82, 2.24) is 9.62 Å². The van der Waals surface area contributed by atoms with Crippen molar-refractivity contribution in [2.45, 2.75) is 32.9 Å². The Labute approximate surface area is 92.5 Å². The summed E-state index contributed by atoms with van der Waals surface area (Å²) >= 11 is 0. The highest BCUT2D eigenvalue weighted by atomic mass is 35.5. The molecule has 0 amide bonds. The number of halogens is 1. The fourth-order valence-electron chi connectivity index (χ4n) is 1.58. The van der Waals surface area contributed by atoms with E-state index < -0.39 is 10.0 Å². The number of sulfonamides is 1. The van der Waals surface area contributed by atoms with Gasteiger partial charge < -0.3 is 5.32 Å². The minimum absolute atomic E-state index is 0. The van der Waals surface area contributed by atoms with E-state index in [-0.39, 0.29) is 30.2 Å². The van der Waals surface area contributed by atoms with E-state index in [2.05, 4.69) is 5.32 Å². The normalized spacial score (nSPS) is 29.6. The summed E-state index contributed by atoms with van der Waals surface area (Å²) in [6.07, 6.45) is 0. The molecule has 0 bridgehead atoms. The van der Waals surface area contributed by atoms with Crippen LogP contribution in [0.4, 0.5) is 0 Å². The van der Waals surface area contributed by atoms with Crippen molar-refractivity contribution in [3.05, 3.63) is 0 Å². The summed E-state index contributed by atoms with van der Waals surface area (Å²) in [6, 6.07) is 0.314. The quantitative estimate of drug-likeness (QED) is 0.765. The summed E-state index contributed by atoms with van der Waals surface area (Å²) in [5.41, 5.74) is 0. The Morgan fingerprint density at radius 2 is 2.00 bits per heavy atom. The smallest absolute Gasteiger partial charge is 0.214 e. The summed E-state index contributed by atoms with van der Waals surface area (Å²) in [6.45, 7) is 7.01. The summed E-state index contributed by atoms with van der Waals surface area (Å²) in [7, 11) is -3.01. The van der Waals surface area contributed by atoms with Crippen molar-refractivity contribution in [1.29, 1.82) is 0 Å². The molecule has 1 N–H and O–H groups in total. The molecule has 1 rings (SSSR count). The maximum atomic E-state index is 11.6. The van der Waals surface area contributed by atoms with Gasteiger partial charge in [-0.2, -0.15) is 4.31 Å². The zero-order valence-corrected chi connectivity index (χ0v) is 10.5. The zero-order valence-electron chi connectivity index (χ0n) is 8.86. The monoisotopic (exact) mass is 242 g/mol. The van der Waals surface area contributed by atoms with Crippen LogP contribution in [0.25, 0.3) is 0 Å². The molecule has 1 heterocycles. The van der Waals surface area contributed by atoms with E-state index in [0.717, 1.165) is 6.54 Å². The molecule has 0 aromatic rings. The van der Waals surface area contributed by atoms with Crippen molar-refractivity contribution < 1.29 is 8.42 Å². The van der Waals surface area contributed by atoms with Gasteiger partial charge in [0.1, 0.15) is 0 Å². The van der Waals surface area contributed by atoms with E-state index in [0.29, 0.717) is 6.54 Å². The Bertz CT molecular complexity index is 269. The topological polar surface area (TPSA) is 49.4 Å². The Morgan fingerprint density at radius 3 is 2.50 bits per heavy atom. The van der Waals surface area contributed by atoms with Crippen molar-refractivity contribution in [3.8, 4) is 0 Å². The number of piperazine rings is 1. The van der Waals surface area contributed by atoms with E-state index in [4.69, 9.17) is 0 Å². The molecule has 4 nitrogen and oxygen atoms in total. The van der Waals surface area contributed by atoms with Crippen LogP contribution in [0.3, 0.4) is 0 Å². The van der Waals surface area contributed by atoms with Crippen LogP contribution in [0.1, 0.15) is 20.8 Å². The molecule has 1 saturated heterocycles. The highest BCUT2D eigenvalue weighted by molar-refractivity contribution is 7.89. The molecule has 86 valence electrons. The van der Waals surface area contributed by atoms with Gasteiger partial charge >= 0.3 is 0 Å².